The van der Waals surface area contributed by atoms with Gasteiger partial charge in [0, 0.05) is 0 Å². The van der Waals surface area contributed by atoms with Crippen LogP contribution in [0, 0.1) is 6.92 Å². The number of nitrogens with one attached hydrogen (secondary N) is 1. The van der Waals surface area contributed by atoms with Crippen molar-refractivity contribution in [1.29, 1.82) is 0 Å². The first-order valence-electron chi connectivity index (χ1n) is 6.09. The van der Waals surface area contributed by atoms with E-state index in [1.54, 1.807) is 6.92 Å². The average Bonchev–Trinajstić information content (AvgIpc) is 2.93. The summed E-state index contributed by atoms with van der Waals surface area (Å²) in [6, 6.07) is 0. The van der Waals surface area contributed by atoms with Crippen molar-refractivity contribution in [3.63, 3.8) is 0 Å². The van der Waals surface area contributed by atoms with E-state index in [9.17, 15) is 15.0 Å². The van der Waals surface area contributed by atoms with Crippen molar-refractivity contribution >= 4 is 11.2 Å². The van der Waals surface area contributed by atoms with Crippen LogP contribution in [0.15, 0.2) is 11.1 Å². The molecule has 1 saturated heterocycles. The number of aromatic amines is 1. The van der Waals surface area contributed by atoms with E-state index in [-0.39, 0.29) is 11.2 Å². The summed E-state index contributed by atoms with van der Waals surface area (Å²) in [5, 5.41) is 28.8. The molecule has 2 aromatic heterocycles. The number of aryl methyl sites for hydroxylation is 1. The Hall–Kier alpha value is -1.81. The molecule has 20 heavy (non-hydrogen) atoms. The number of hydrogen-bond acceptors (Lipinski definition) is 7. The predicted molar refractivity (Wildman–Crippen MR) is 65.9 cm³/mol. The van der Waals surface area contributed by atoms with Crippen LogP contribution in [0.5, 0.6) is 0 Å². The number of hydrogen-bond donors (Lipinski definition) is 4. The summed E-state index contributed by atoms with van der Waals surface area (Å²) in [4.78, 5) is 22.3. The molecule has 3 heterocycles. The van der Waals surface area contributed by atoms with Crippen LogP contribution in [-0.2, 0) is 4.74 Å². The highest BCUT2D eigenvalue weighted by molar-refractivity contribution is 5.69. The Balaban J connectivity index is 2.09. The van der Waals surface area contributed by atoms with E-state index < -0.39 is 36.7 Å². The fourth-order valence-electron chi connectivity index (χ4n) is 2.33. The van der Waals surface area contributed by atoms with Crippen molar-refractivity contribution < 1.29 is 20.1 Å². The zero-order valence-electron chi connectivity index (χ0n) is 10.6. The van der Waals surface area contributed by atoms with Gasteiger partial charge in [0.1, 0.15) is 24.1 Å². The molecule has 0 spiro atoms. The van der Waals surface area contributed by atoms with Gasteiger partial charge in [-0.2, -0.15) is 0 Å². The van der Waals surface area contributed by atoms with Crippen LogP contribution in [0.3, 0.4) is 0 Å². The maximum Gasteiger partial charge on any atom is 0.279 e. The van der Waals surface area contributed by atoms with Crippen molar-refractivity contribution in [1.82, 2.24) is 19.5 Å². The molecule has 0 amide bonds. The zero-order valence-corrected chi connectivity index (χ0v) is 10.6. The van der Waals surface area contributed by atoms with E-state index in [0.717, 1.165) is 0 Å². The number of aromatic nitrogens is 4. The minimum Gasteiger partial charge on any atom is -0.394 e. The number of fused-ring (bicyclic) bond motifs is 1. The number of aliphatic hydroxyl groups excluding tert-OH is 3. The topological polar surface area (TPSA) is 133 Å². The lowest BCUT2D eigenvalue weighted by atomic mass is 10.1. The van der Waals surface area contributed by atoms with Crippen molar-refractivity contribution in [3.05, 3.63) is 22.5 Å². The monoisotopic (exact) mass is 282 g/mol. The van der Waals surface area contributed by atoms with Gasteiger partial charge in [0.05, 0.1) is 12.9 Å². The third-order valence-corrected chi connectivity index (χ3v) is 3.34. The lowest BCUT2D eigenvalue weighted by Crippen LogP contribution is -2.33. The molecule has 1 fully saturated rings. The van der Waals surface area contributed by atoms with E-state index in [1.807, 2.05) is 0 Å². The molecule has 0 radical (unpaired) electrons. The maximum atomic E-state index is 11.7. The van der Waals surface area contributed by atoms with Gasteiger partial charge >= 0.3 is 0 Å². The second-order valence-electron chi connectivity index (χ2n) is 4.70. The fraction of sp³-hybridized carbons (Fsp3) is 0.545. The third kappa shape index (κ3) is 1.83. The standard InChI is InChI=1S/C11H14N4O5/c1-4-13-9-6(10(19)14-4)12-3-15(9)11-8(18)7(17)5(2-16)20-11/h3,5,7-8,11,16-18H,2H2,1H3,(H,13,14,19). The quantitative estimate of drug-likeness (QED) is 0.502. The Labute approximate surface area is 112 Å². The highest BCUT2D eigenvalue weighted by atomic mass is 16.6. The van der Waals surface area contributed by atoms with E-state index in [4.69, 9.17) is 9.84 Å². The molecule has 9 heteroatoms. The summed E-state index contributed by atoms with van der Waals surface area (Å²) in [6.07, 6.45) is -3.00. The average molecular weight is 282 g/mol. The summed E-state index contributed by atoms with van der Waals surface area (Å²) < 4.78 is 6.76. The Morgan fingerprint density at radius 1 is 1.45 bits per heavy atom. The molecule has 0 aliphatic carbocycles. The lowest BCUT2D eigenvalue weighted by Gasteiger charge is -2.16. The van der Waals surface area contributed by atoms with Gasteiger partial charge in [-0.25, -0.2) is 9.97 Å². The normalized spacial score (nSPS) is 30.2. The van der Waals surface area contributed by atoms with Gasteiger partial charge in [0.2, 0.25) is 0 Å². The van der Waals surface area contributed by atoms with Crippen LogP contribution >= 0.6 is 0 Å². The maximum absolute atomic E-state index is 11.7. The summed E-state index contributed by atoms with van der Waals surface area (Å²) in [5.41, 5.74) is -0.0209. The third-order valence-electron chi connectivity index (χ3n) is 3.34. The second kappa shape index (κ2) is 4.63. The highest BCUT2D eigenvalue weighted by Crippen LogP contribution is 2.30. The van der Waals surface area contributed by atoms with Crippen molar-refractivity contribution in [2.75, 3.05) is 6.61 Å². The Morgan fingerprint density at radius 3 is 2.85 bits per heavy atom. The number of aliphatic hydroxyl groups is 3. The van der Waals surface area contributed by atoms with Gasteiger partial charge in [-0.05, 0) is 6.92 Å². The van der Waals surface area contributed by atoms with Crippen LogP contribution in [0.4, 0.5) is 0 Å². The molecule has 2 aromatic rings. The SMILES string of the molecule is Cc1nc2c(ncn2C2OC(CO)C(O)C2O)c(=O)[nH]1. The van der Waals surface area contributed by atoms with Crippen molar-refractivity contribution in [2.24, 2.45) is 0 Å². The molecule has 4 unspecified atom stereocenters. The van der Waals surface area contributed by atoms with E-state index in [2.05, 4.69) is 15.0 Å². The summed E-state index contributed by atoms with van der Waals surface area (Å²) in [5.74, 6) is 0.399. The van der Waals surface area contributed by atoms with Crippen LogP contribution in [0.1, 0.15) is 12.1 Å². The fourth-order valence-corrected chi connectivity index (χ4v) is 2.33. The molecule has 0 saturated carbocycles. The number of rotatable bonds is 2. The Kier molecular flexibility index (Phi) is 3.05. The number of nitrogens with zero attached hydrogens (tertiary/aromatic N) is 3. The summed E-state index contributed by atoms with van der Waals surface area (Å²) in [6.45, 7) is 1.20. The first-order chi connectivity index (χ1) is 9.52. The van der Waals surface area contributed by atoms with E-state index in [0.29, 0.717) is 5.82 Å². The van der Waals surface area contributed by atoms with E-state index >= 15 is 0 Å². The largest absolute Gasteiger partial charge is 0.394 e. The van der Waals surface area contributed by atoms with Crippen LogP contribution in [0.25, 0.3) is 11.2 Å². The molecule has 3 rings (SSSR count). The molecule has 9 nitrogen and oxygen atoms in total. The van der Waals surface area contributed by atoms with Crippen molar-refractivity contribution in [2.45, 2.75) is 31.5 Å². The molecular weight excluding hydrogens is 268 g/mol. The second-order valence-corrected chi connectivity index (χ2v) is 4.70. The van der Waals surface area contributed by atoms with Gasteiger partial charge in [-0.3, -0.25) is 9.36 Å². The molecule has 0 aromatic carbocycles. The lowest BCUT2D eigenvalue weighted by molar-refractivity contribution is -0.0511. The van der Waals surface area contributed by atoms with E-state index in [1.165, 1.54) is 10.9 Å². The number of ether oxygens (including phenoxy) is 1. The van der Waals surface area contributed by atoms with Gasteiger partial charge in [-0.15, -0.1) is 0 Å². The van der Waals surface area contributed by atoms with Gasteiger partial charge < -0.3 is 25.0 Å². The molecule has 108 valence electrons. The molecule has 1 aliphatic rings. The van der Waals surface area contributed by atoms with Gasteiger partial charge in [0.25, 0.3) is 5.56 Å². The Morgan fingerprint density at radius 2 is 2.20 bits per heavy atom. The van der Waals surface area contributed by atoms with Crippen molar-refractivity contribution in [3.8, 4) is 0 Å². The first kappa shape index (κ1) is 13.2. The minimum absolute atomic E-state index is 0.119. The molecule has 4 N–H and O–H groups in total. The zero-order chi connectivity index (χ0) is 14.4. The van der Waals surface area contributed by atoms with Gasteiger partial charge in [-0.1, -0.05) is 0 Å². The molecular formula is C11H14N4O5. The first-order valence-corrected chi connectivity index (χ1v) is 6.09. The van der Waals surface area contributed by atoms with Crippen LogP contribution in [0.2, 0.25) is 0 Å². The molecule has 4 atom stereocenters. The Bertz CT molecular complexity index is 696. The number of imidazole rings is 1. The van der Waals surface area contributed by atoms with Crippen LogP contribution < -0.4 is 5.56 Å². The summed E-state index contributed by atoms with van der Waals surface area (Å²) >= 11 is 0. The van der Waals surface area contributed by atoms with Gasteiger partial charge in [0.15, 0.2) is 17.4 Å². The molecule has 0 bridgehead atoms. The number of H-pyrrole nitrogens is 1. The van der Waals surface area contributed by atoms with Crippen LogP contribution in [-0.4, -0.2) is 59.8 Å². The predicted octanol–water partition coefficient (Wildman–Crippen LogP) is -1.96. The summed E-state index contributed by atoms with van der Waals surface area (Å²) in [7, 11) is 0. The highest BCUT2D eigenvalue weighted by Gasteiger charge is 2.44. The smallest absolute Gasteiger partial charge is 0.279 e. The minimum atomic E-state index is -1.24. The molecule has 1 aliphatic heterocycles.